The molecule has 0 N–H and O–H groups in total. The zero-order valence-corrected chi connectivity index (χ0v) is 13.0. The van der Waals surface area contributed by atoms with Crippen LogP contribution in [0.15, 0.2) is 0 Å². The first-order valence-corrected chi connectivity index (χ1v) is 7.94. The third kappa shape index (κ3) is 4.72. The Morgan fingerprint density at radius 2 is 1.62 bits per heavy atom. The van der Waals surface area contributed by atoms with Gasteiger partial charge in [0.05, 0.1) is 26.0 Å². The van der Waals surface area contributed by atoms with E-state index in [-0.39, 0.29) is 32.7 Å². The third-order valence-corrected chi connectivity index (χ3v) is 7.97. The van der Waals surface area contributed by atoms with Crippen molar-refractivity contribution in [2.24, 2.45) is 0 Å². The van der Waals surface area contributed by atoms with Gasteiger partial charge in [0, 0.05) is 40.0 Å². The SMILES string of the molecule is [2H]C(CC)[P+]1(CC)CCCCCC1.[Y]. The van der Waals surface area contributed by atoms with Crippen molar-refractivity contribution in [2.45, 2.75) is 46.0 Å². The normalized spacial score (nSPS) is 25.2. The van der Waals surface area contributed by atoms with Crippen molar-refractivity contribution in [2.75, 3.05) is 24.6 Å². The standard InChI is InChI=1S/C11H24P.Y/c1-3-9-12(4-2)10-7-5-6-8-11-12;/h3-11H2,1-2H3;/q+1;/i9D;. The molecule has 1 heterocycles. The van der Waals surface area contributed by atoms with Gasteiger partial charge < -0.3 is 0 Å². The summed E-state index contributed by atoms with van der Waals surface area (Å²) in [5.41, 5.74) is 0. The first kappa shape index (κ1) is 12.6. The second-order valence-electron chi connectivity index (χ2n) is 3.99. The van der Waals surface area contributed by atoms with Crippen LogP contribution in [0.5, 0.6) is 0 Å². The van der Waals surface area contributed by atoms with Crippen molar-refractivity contribution in [3.05, 3.63) is 0 Å². The van der Waals surface area contributed by atoms with Crippen LogP contribution in [0.4, 0.5) is 0 Å². The summed E-state index contributed by atoms with van der Waals surface area (Å²) in [5, 5.41) is 0. The third-order valence-electron chi connectivity index (χ3n) is 3.16. The van der Waals surface area contributed by atoms with E-state index in [4.69, 9.17) is 1.37 Å². The quantitative estimate of drug-likeness (QED) is 0.684. The smallest absolute Gasteiger partial charge is 0.0619 e. The summed E-state index contributed by atoms with van der Waals surface area (Å²) in [4.78, 5) is 0. The van der Waals surface area contributed by atoms with Gasteiger partial charge in [-0.05, 0) is 39.0 Å². The molecule has 0 spiro atoms. The molecule has 1 rings (SSSR count). The molecule has 1 radical (unpaired) electrons. The molecule has 0 nitrogen and oxygen atoms in total. The minimum absolute atomic E-state index is 0. The summed E-state index contributed by atoms with van der Waals surface area (Å²) in [6, 6.07) is 0. The second kappa shape index (κ2) is 7.78. The van der Waals surface area contributed by atoms with Gasteiger partial charge in [-0.3, -0.25) is 0 Å². The van der Waals surface area contributed by atoms with E-state index in [1.165, 1.54) is 44.2 Å². The monoisotopic (exact) mass is 277 g/mol. The summed E-state index contributed by atoms with van der Waals surface area (Å²) in [5.74, 6) is 0. The van der Waals surface area contributed by atoms with Crippen molar-refractivity contribution >= 4 is 7.26 Å². The fourth-order valence-electron chi connectivity index (χ4n) is 2.33. The molecule has 2 heteroatoms. The molecular formula is C11H24PY+. The molecule has 0 aliphatic carbocycles. The molecule has 1 saturated heterocycles. The van der Waals surface area contributed by atoms with E-state index in [1.54, 1.807) is 0 Å². The van der Waals surface area contributed by atoms with Crippen LogP contribution in [0, 0.1) is 0 Å². The second-order valence-corrected chi connectivity index (χ2v) is 8.32. The van der Waals surface area contributed by atoms with Gasteiger partial charge >= 0.3 is 0 Å². The summed E-state index contributed by atoms with van der Waals surface area (Å²) in [6.07, 6.45) is 11.2. The van der Waals surface area contributed by atoms with Crippen LogP contribution in [0.3, 0.4) is 0 Å². The van der Waals surface area contributed by atoms with Crippen LogP contribution in [0.2, 0.25) is 0 Å². The largest absolute Gasteiger partial charge is 0.0708 e. The van der Waals surface area contributed by atoms with E-state index in [1.807, 2.05) is 0 Å². The maximum atomic E-state index is 8.21. The van der Waals surface area contributed by atoms with Crippen LogP contribution in [0.25, 0.3) is 0 Å². The van der Waals surface area contributed by atoms with Gasteiger partial charge in [-0.25, -0.2) is 0 Å². The molecular weight excluding hydrogens is 252 g/mol. The Labute approximate surface area is 111 Å². The van der Waals surface area contributed by atoms with Crippen LogP contribution >= 0.6 is 7.26 Å². The van der Waals surface area contributed by atoms with Gasteiger partial charge in [0.1, 0.15) is 0 Å². The van der Waals surface area contributed by atoms with Gasteiger partial charge in [0.2, 0.25) is 0 Å². The zero-order chi connectivity index (χ0) is 9.73. The van der Waals surface area contributed by atoms with E-state index in [0.717, 1.165) is 6.42 Å². The van der Waals surface area contributed by atoms with E-state index in [2.05, 4.69) is 13.8 Å². The summed E-state index contributed by atoms with van der Waals surface area (Å²) < 4.78 is 8.21. The molecule has 0 aromatic heterocycles. The van der Waals surface area contributed by atoms with E-state index >= 15 is 0 Å². The number of hydrogen-bond acceptors (Lipinski definition) is 0. The fraction of sp³-hybridized carbons (Fsp3) is 1.00. The van der Waals surface area contributed by atoms with Crippen molar-refractivity contribution < 1.29 is 34.1 Å². The molecule has 1 fully saturated rings. The van der Waals surface area contributed by atoms with Gasteiger partial charge in [0.25, 0.3) is 0 Å². The molecule has 0 bridgehead atoms. The Morgan fingerprint density at radius 1 is 1.08 bits per heavy atom. The molecule has 1 atom stereocenters. The molecule has 0 aromatic rings. The van der Waals surface area contributed by atoms with Gasteiger partial charge in [-0.15, -0.1) is 0 Å². The minimum atomic E-state index is -0.839. The maximum absolute atomic E-state index is 8.21. The van der Waals surface area contributed by atoms with Crippen molar-refractivity contribution in [3.8, 4) is 0 Å². The van der Waals surface area contributed by atoms with Gasteiger partial charge in [-0.1, -0.05) is 6.92 Å². The van der Waals surface area contributed by atoms with Crippen LogP contribution in [0.1, 0.15) is 47.3 Å². The van der Waals surface area contributed by atoms with Gasteiger partial charge in [-0.2, -0.15) is 0 Å². The van der Waals surface area contributed by atoms with E-state index in [0.29, 0.717) is 6.14 Å². The molecule has 1 aliphatic heterocycles. The summed E-state index contributed by atoms with van der Waals surface area (Å²) >= 11 is 0. The average molecular weight is 277 g/mol. The van der Waals surface area contributed by atoms with Crippen LogP contribution in [-0.4, -0.2) is 24.6 Å². The van der Waals surface area contributed by atoms with Crippen LogP contribution in [-0.2, 0) is 32.7 Å². The summed E-state index contributed by atoms with van der Waals surface area (Å²) in [7, 11) is -0.839. The van der Waals surface area contributed by atoms with E-state index < -0.39 is 7.26 Å². The zero-order valence-electron chi connectivity index (χ0n) is 10.3. The molecule has 1 unspecified atom stereocenters. The average Bonchev–Trinajstić information content (AvgIpc) is 2.42. The van der Waals surface area contributed by atoms with E-state index in [9.17, 15) is 0 Å². The van der Waals surface area contributed by atoms with Crippen molar-refractivity contribution in [1.29, 1.82) is 0 Å². The molecule has 75 valence electrons. The molecule has 13 heavy (non-hydrogen) atoms. The van der Waals surface area contributed by atoms with Crippen molar-refractivity contribution in [1.82, 2.24) is 0 Å². The predicted octanol–water partition coefficient (Wildman–Crippen LogP) is 4.01. The topological polar surface area (TPSA) is 0 Å². The Morgan fingerprint density at radius 3 is 2.00 bits per heavy atom. The number of hydrogen-bond donors (Lipinski definition) is 0. The first-order chi connectivity index (χ1) is 6.25. The van der Waals surface area contributed by atoms with Crippen molar-refractivity contribution in [3.63, 3.8) is 0 Å². The Kier molecular flexibility index (Phi) is 7.54. The molecule has 1 aliphatic rings. The summed E-state index contributed by atoms with van der Waals surface area (Å²) in [6.45, 7) is 4.52. The minimum Gasteiger partial charge on any atom is -0.0619 e. The van der Waals surface area contributed by atoms with Gasteiger partial charge in [0.15, 0.2) is 0 Å². The Balaban J connectivity index is 0.00000169. The first-order valence-electron chi connectivity index (χ1n) is 6.11. The Hall–Kier alpha value is 1.53. The number of rotatable bonds is 3. The Bertz CT molecular complexity index is 144. The fourth-order valence-corrected chi connectivity index (χ4v) is 6.29. The maximum Gasteiger partial charge on any atom is 0.0708 e. The van der Waals surface area contributed by atoms with Crippen LogP contribution < -0.4 is 0 Å². The molecule has 0 saturated carbocycles. The molecule has 0 aromatic carbocycles. The predicted molar refractivity (Wildman–Crippen MR) is 60.8 cm³/mol. The molecule has 0 amide bonds.